The standard InChI is InChI=1S/C20H24N4O5S2/c1-29-16-4-6-17(7-5-16)31(27,28)23-11-9-22(10-12-23)19(26)13-15-14-30-20(21-15)24-8-2-3-18(24)25/h4-7,14H,2-3,8-13H2,1H3. The molecular formula is C20H24N4O5S2. The van der Waals surface area contributed by atoms with Crippen molar-refractivity contribution in [3.05, 3.63) is 35.3 Å². The zero-order valence-corrected chi connectivity index (χ0v) is 18.8. The molecule has 0 unspecified atom stereocenters. The molecule has 0 spiro atoms. The zero-order chi connectivity index (χ0) is 22.0. The van der Waals surface area contributed by atoms with Crippen molar-refractivity contribution in [1.29, 1.82) is 0 Å². The molecular weight excluding hydrogens is 440 g/mol. The highest BCUT2D eigenvalue weighted by atomic mass is 32.2. The van der Waals surface area contributed by atoms with E-state index in [1.165, 1.54) is 34.9 Å². The first-order valence-electron chi connectivity index (χ1n) is 10.1. The van der Waals surface area contributed by atoms with Crippen LogP contribution in [0.2, 0.25) is 0 Å². The van der Waals surface area contributed by atoms with Gasteiger partial charge in [0.15, 0.2) is 5.13 Å². The lowest BCUT2D eigenvalue weighted by Gasteiger charge is -2.34. The number of rotatable bonds is 6. The monoisotopic (exact) mass is 464 g/mol. The number of amides is 2. The van der Waals surface area contributed by atoms with Crippen LogP contribution >= 0.6 is 11.3 Å². The molecule has 2 saturated heterocycles. The van der Waals surface area contributed by atoms with Crippen LogP contribution < -0.4 is 9.64 Å². The van der Waals surface area contributed by atoms with Gasteiger partial charge in [0.05, 0.1) is 24.1 Å². The number of carbonyl (C=O) groups excluding carboxylic acids is 2. The molecule has 0 radical (unpaired) electrons. The summed E-state index contributed by atoms with van der Waals surface area (Å²) in [7, 11) is -2.09. The fourth-order valence-electron chi connectivity index (χ4n) is 3.69. The molecule has 0 bridgehead atoms. The summed E-state index contributed by atoms with van der Waals surface area (Å²) in [5.74, 6) is 0.571. The molecule has 1 aromatic heterocycles. The number of nitrogens with zero attached hydrogens (tertiary/aromatic N) is 4. The van der Waals surface area contributed by atoms with E-state index < -0.39 is 10.0 Å². The smallest absolute Gasteiger partial charge is 0.243 e. The molecule has 166 valence electrons. The highest BCUT2D eigenvalue weighted by molar-refractivity contribution is 7.89. The Morgan fingerprint density at radius 3 is 2.45 bits per heavy atom. The molecule has 3 heterocycles. The van der Waals surface area contributed by atoms with Crippen LogP contribution in [-0.2, 0) is 26.0 Å². The Morgan fingerprint density at radius 2 is 1.84 bits per heavy atom. The van der Waals surface area contributed by atoms with Gasteiger partial charge >= 0.3 is 0 Å². The van der Waals surface area contributed by atoms with Crippen LogP contribution in [0.3, 0.4) is 0 Å². The van der Waals surface area contributed by atoms with Gasteiger partial charge in [-0.1, -0.05) is 0 Å². The number of piperazine rings is 1. The van der Waals surface area contributed by atoms with E-state index in [1.54, 1.807) is 21.9 Å². The first kappa shape index (κ1) is 21.7. The van der Waals surface area contributed by atoms with Gasteiger partial charge in [0, 0.05) is 44.5 Å². The van der Waals surface area contributed by atoms with Crippen molar-refractivity contribution in [2.75, 3.05) is 44.7 Å². The molecule has 0 aliphatic carbocycles. The van der Waals surface area contributed by atoms with Crippen molar-refractivity contribution >= 4 is 38.3 Å². The Kier molecular flexibility index (Phi) is 6.26. The maximum Gasteiger partial charge on any atom is 0.243 e. The summed E-state index contributed by atoms with van der Waals surface area (Å²) in [4.78, 5) is 32.5. The van der Waals surface area contributed by atoms with Crippen LogP contribution in [0.4, 0.5) is 5.13 Å². The van der Waals surface area contributed by atoms with Crippen LogP contribution in [-0.4, -0.2) is 74.3 Å². The molecule has 2 amide bonds. The van der Waals surface area contributed by atoms with Crippen LogP contribution in [0, 0.1) is 0 Å². The fourth-order valence-corrected chi connectivity index (χ4v) is 5.98. The normalized spacial score (nSPS) is 17.9. The molecule has 1 aromatic carbocycles. The van der Waals surface area contributed by atoms with E-state index in [0.717, 1.165) is 6.42 Å². The Balaban J connectivity index is 1.33. The number of thiazole rings is 1. The van der Waals surface area contributed by atoms with Crippen LogP contribution in [0.5, 0.6) is 5.75 Å². The highest BCUT2D eigenvalue weighted by Gasteiger charge is 2.30. The van der Waals surface area contributed by atoms with E-state index in [1.807, 2.05) is 5.38 Å². The van der Waals surface area contributed by atoms with E-state index in [9.17, 15) is 18.0 Å². The molecule has 0 N–H and O–H groups in total. The summed E-state index contributed by atoms with van der Waals surface area (Å²) >= 11 is 1.37. The predicted molar refractivity (Wildman–Crippen MR) is 116 cm³/mol. The molecule has 2 fully saturated rings. The van der Waals surface area contributed by atoms with Crippen molar-refractivity contribution in [1.82, 2.24) is 14.2 Å². The topological polar surface area (TPSA) is 100 Å². The molecule has 2 aliphatic rings. The van der Waals surface area contributed by atoms with E-state index in [-0.39, 0.29) is 36.2 Å². The van der Waals surface area contributed by atoms with Crippen molar-refractivity contribution in [3.8, 4) is 5.75 Å². The number of hydrogen-bond donors (Lipinski definition) is 0. The second kappa shape index (κ2) is 8.93. The van der Waals surface area contributed by atoms with Crippen molar-refractivity contribution in [3.63, 3.8) is 0 Å². The van der Waals surface area contributed by atoms with Gasteiger partial charge in [0.2, 0.25) is 21.8 Å². The van der Waals surface area contributed by atoms with E-state index in [4.69, 9.17) is 4.74 Å². The second-order valence-electron chi connectivity index (χ2n) is 7.41. The van der Waals surface area contributed by atoms with Crippen LogP contribution in [0.1, 0.15) is 18.5 Å². The van der Waals surface area contributed by atoms with Gasteiger partial charge in [0.1, 0.15) is 5.75 Å². The van der Waals surface area contributed by atoms with Crippen molar-refractivity contribution < 1.29 is 22.7 Å². The van der Waals surface area contributed by atoms with E-state index in [2.05, 4.69) is 4.98 Å². The van der Waals surface area contributed by atoms with Gasteiger partial charge < -0.3 is 9.64 Å². The maximum absolute atomic E-state index is 12.9. The average Bonchev–Trinajstić information content (AvgIpc) is 3.42. The molecule has 11 heteroatoms. The number of sulfonamides is 1. The third-order valence-corrected chi connectivity index (χ3v) is 8.29. The maximum atomic E-state index is 12.9. The Hall–Kier alpha value is -2.50. The second-order valence-corrected chi connectivity index (χ2v) is 10.2. The fraction of sp³-hybridized carbons (Fsp3) is 0.450. The van der Waals surface area contributed by atoms with Crippen molar-refractivity contribution in [2.45, 2.75) is 24.2 Å². The predicted octanol–water partition coefficient (Wildman–Crippen LogP) is 1.35. The number of benzene rings is 1. The van der Waals surface area contributed by atoms with Gasteiger partial charge in [0.25, 0.3) is 0 Å². The summed E-state index contributed by atoms with van der Waals surface area (Å²) in [5, 5.41) is 2.45. The quantitative estimate of drug-likeness (QED) is 0.640. The molecule has 2 aromatic rings. The van der Waals surface area contributed by atoms with Gasteiger partial charge in [-0.2, -0.15) is 4.31 Å². The Labute approximate surface area is 185 Å². The van der Waals surface area contributed by atoms with Crippen LogP contribution in [0.25, 0.3) is 0 Å². The third kappa shape index (κ3) is 4.58. The Bertz CT molecular complexity index is 1060. The Morgan fingerprint density at radius 1 is 1.13 bits per heavy atom. The molecule has 31 heavy (non-hydrogen) atoms. The highest BCUT2D eigenvalue weighted by Crippen LogP contribution is 2.26. The van der Waals surface area contributed by atoms with E-state index in [0.29, 0.717) is 42.6 Å². The summed E-state index contributed by atoms with van der Waals surface area (Å²) in [6.07, 6.45) is 1.51. The molecule has 4 rings (SSSR count). The molecule has 2 aliphatic heterocycles. The van der Waals surface area contributed by atoms with Gasteiger partial charge in [-0.25, -0.2) is 13.4 Å². The largest absolute Gasteiger partial charge is 0.497 e. The number of carbonyl (C=O) groups is 2. The third-order valence-electron chi connectivity index (χ3n) is 5.46. The minimum absolute atomic E-state index is 0.0708. The lowest BCUT2D eigenvalue weighted by Crippen LogP contribution is -2.50. The summed E-state index contributed by atoms with van der Waals surface area (Å²) in [6.45, 7) is 1.81. The van der Waals surface area contributed by atoms with Gasteiger partial charge in [-0.3, -0.25) is 14.5 Å². The molecule has 0 atom stereocenters. The molecule has 0 saturated carbocycles. The van der Waals surface area contributed by atoms with Gasteiger partial charge in [-0.05, 0) is 30.7 Å². The lowest BCUT2D eigenvalue weighted by molar-refractivity contribution is -0.131. The van der Waals surface area contributed by atoms with Crippen LogP contribution in [0.15, 0.2) is 34.5 Å². The summed E-state index contributed by atoms with van der Waals surface area (Å²) in [5.41, 5.74) is 0.637. The minimum atomic E-state index is -3.61. The summed E-state index contributed by atoms with van der Waals surface area (Å²) in [6, 6.07) is 6.28. The van der Waals surface area contributed by atoms with Gasteiger partial charge in [-0.15, -0.1) is 11.3 Å². The minimum Gasteiger partial charge on any atom is -0.497 e. The number of ether oxygens (including phenoxy) is 1. The number of hydrogen-bond acceptors (Lipinski definition) is 7. The first-order chi connectivity index (χ1) is 14.9. The first-order valence-corrected chi connectivity index (χ1v) is 12.4. The number of anilines is 1. The van der Waals surface area contributed by atoms with E-state index >= 15 is 0 Å². The summed E-state index contributed by atoms with van der Waals surface area (Å²) < 4.78 is 32.2. The number of methoxy groups -OCH3 is 1. The average molecular weight is 465 g/mol. The lowest BCUT2D eigenvalue weighted by atomic mass is 10.2. The molecule has 9 nitrogen and oxygen atoms in total. The number of aromatic nitrogens is 1. The zero-order valence-electron chi connectivity index (χ0n) is 17.2. The SMILES string of the molecule is COc1ccc(S(=O)(=O)N2CCN(C(=O)Cc3csc(N4CCCC4=O)n3)CC2)cc1. The van der Waals surface area contributed by atoms with Crippen molar-refractivity contribution in [2.24, 2.45) is 0 Å².